The zero-order valence-electron chi connectivity index (χ0n) is 12.0. The minimum absolute atomic E-state index is 0.0686. The molecule has 1 heterocycles. The number of nitrogens with one attached hydrogen (secondary N) is 2. The standard InChI is InChI=1S/C15H18N2O4S/c18-15(9-8-14-7-4-11-21-14)16-10-12-22(19,20)17-13-5-2-1-3-6-13/h1-7,11,17H,8-10,12H2,(H,16,18). The van der Waals surface area contributed by atoms with Crippen LogP contribution in [0, 0.1) is 0 Å². The minimum atomic E-state index is -3.47. The molecular weight excluding hydrogens is 304 g/mol. The number of anilines is 1. The number of benzene rings is 1. The molecule has 7 heteroatoms. The number of aryl methyl sites for hydroxylation is 1. The minimum Gasteiger partial charge on any atom is -0.469 e. The Balaban J connectivity index is 1.69. The Hall–Kier alpha value is -2.28. The third kappa shape index (κ3) is 5.61. The third-order valence-electron chi connectivity index (χ3n) is 2.92. The van der Waals surface area contributed by atoms with Crippen molar-refractivity contribution in [2.45, 2.75) is 12.8 Å². The van der Waals surface area contributed by atoms with Crippen molar-refractivity contribution in [1.82, 2.24) is 5.32 Å². The van der Waals surface area contributed by atoms with E-state index in [0.29, 0.717) is 12.1 Å². The van der Waals surface area contributed by atoms with Crippen LogP contribution in [0.1, 0.15) is 12.2 Å². The van der Waals surface area contributed by atoms with E-state index in [1.807, 2.05) is 0 Å². The molecule has 0 unspecified atom stereocenters. The molecule has 0 bridgehead atoms. The van der Waals surface area contributed by atoms with Crippen LogP contribution >= 0.6 is 0 Å². The van der Waals surface area contributed by atoms with E-state index in [1.165, 1.54) is 0 Å². The fourth-order valence-corrected chi connectivity index (χ4v) is 2.81. The summed E-state index contributed by atoms with van der Waals surface area (Å²) in [5, 5.41) is 2.59. The summed E-state index contributed by atoms with van der Waals surface area (Å²) in [5.41, 5.74) is 0.506. The molecule has 0 aliphatic rings. The maximum atomic E-state index is 11.8. The molecule has 22 heavy (non-hydrogen) atoms. The van der Waals surface area contributed by atoms with E-state index in [0.717, 1.165) is 5.76 Å². The van der Waals surface area contributed by atoms with Crippen LogP contribution in [0.3, 0.4) is 0 Å². The van der Waals surface area contributed by atoms with Gasteiger partial charge in [0.25, 0.3) is 0 Å². The molecule has 1 aromatic heterocycles. The van der Waals surface area contributed by atoms with Crippen LogP contribution in [0.25, 0.3) is 0 Å². The van der Waals surface area contributed by atoms with Gasteiger partial charge in [-0.15, -0.1) is 0 Å². The lowest BCUT2D eigenvalue weighted by molar-refractivity contribution is -0.121. The summed E-state index contributed by atoms with van der Waals surface area (Å²) in [6.45, 7) is 0.0686. The second kappa shape index (κ2) is 7.65. The lowest BCUT2D eigenvalue weighted by Crippen LogP contribution is -2.31. The topological polar surface area (TPSA) is 88.4 Å². The summed E-state index contributed by atoms with van der Waals surface area (Å²) in [6.07, 6.45) is 2.31. The highest BCUT2D eigenvalue weighted by atomic mass is 32.2. The quantitative estimate of drug-likeness (QED) is 0.775. The van der Waals surface area contributed by atoms with Crippen LogP contribution in [-0.2, 0) is 21.2 Å². The van der Waals surface area contributed by atoms with E-state index in [2.05, 4.69) is 10.0 Å². The summed E-state index contributed by atoms with van der Waals surface area (Å²) in [6, 6.07) is 12.2. The molecule has 1 aromatic carbocycles. The fraction of sp³-hybridized carbons (Fsp3) is 0.267. The molecule has 0 spiro atoms. The van der Waals surface area contributed by atoms with Gasteiger partial charge in [0.1, 0.15) is 5.76 Å². The van der Waals surface area contributed by atoms with Crippen LogP contribution in [0.5, 0.6) is 0 Å². The van der Waals surface area contributed by atoms with Crippen LogP contribution in [0.4, 0.5) is 5.69 Å². The Bertz CT molecular complexity index is 682. The Morgan fingerprint density at radius 3 is 2.55 bits per heavy atom. The van der Waals surface area contributed by atoms with Gasteiger partial charge in [-0.05, 0) is 24.3 Å². The highest BCUT2D eigenvalue weighted by Gasteiger charge is 2.11. The smallest absolute Gasteiger partial charge is 0.234 e. The van der Waals surface area contributed by atoms with Crippen molar-refractivity contribution in [1.29, 1.82) is 0 Å². The number of amides is 1. The van der Waals surface area contributed by atoms with Crippen LogP contribution < -0.4 is 10.0 Å². The molecule has 6 nitrogen and oxygen atoms in total. The maximum Gasteiger partial charge on any atom is 0.234 e. The predicted octanol–water partition coefficient (Wildman–Crippen LogP) is 1.77. The number of rotatable bonds is 8. The lowest BCUT2D eigenvalue weighted by atomic mass is 10.2. The van der Waals surface area contributed by atoms with Crippen molar-refractivity contribution >= 4 is 21.6 Å². The fourth-order valence-electron chi connectivity index (χ4n) is 1.84. The van der Waals surface area contributed by atoms with E-state index in [-0.39, 0.29) is 24.6 Å². The van der Waals surface area contributed by atoms with Crippen molar-refractivity contribution < 1.29 is 17.6 Å². The van der Waals surface area contributed by atoms with Crippen LogP contribution in [-0.4, -0.2) is 26.6 Å². The Morgan fingerprint density at radius 2 is 1.86 bits per heavy atom. The predicted molar refractivity (Wildman–Crippen MR) is 83.9 cm³/mol. The number of hydrogen-bond acceptors (Lipinski definition) is 4. The van der Waals surface area contributed by atoms with Gasteiger partial charge < -0.3 is 9.73 Å². The average molecular weight is 322 g/mol. The molecular formula is C15H18N2O4S. The zero-order valence-corrected chi connectivity index (χ0v) is 12.8. The summed E-state index contributed by atoms with van der Waals surface area (Å²) in [7, 11) is -3.47. The molecule has 2 aromatic rings. The van der Waals surface area contributed by atoms with Gasteiger partial charge in [-0.1, -0.05) is 18.2 Å². The first-order valence-corrected chi connectivity index (χ1v) is 8.55. The summed E-state index contributed by atoms with van der Waals surface area (Å²) >= 11 is 0. The molecule has 1 amide bonds. The molecule has 2 rings (SSSR count). The molecule has 0 saturated heterocycles. The summed E-state index contributed by atoms with van der Waals surface area (Å²) < 4.78 is 31.3. The molecule has 0 aliphatic heterocycles. The van der Waals surface area contributed by atoms with Crippen molar-refractivity contribution in [3.8, 4) is 0 Å². The van der Waals surface area contributed by atoms with Gasteiger partial charge in [-0.2, -0.15) is 0 Å². The molecule has 0 aliphatic carbocycles. The Morgan fingerprint density at radius 1 is 1.09 bits per heavy atom. The van der Waals surface area contributed by atoms with E-state index >= 15 is 0 Å². The molecule has 2 N–H and O–H groups in total. The second-order valence-corrected chi connectivity index (χ2v) is 6.56. The average Bonchev–Trinajstić information content (AvgIpc) is 2.99. The second-order valence-electron chi connectivity index (χ2n) is 4.72. The third-order valence-corrected chi connectivity index (χ3v) is 4.21. The lowest BCUT2D eigenvalue weighted by Gasteiger charge is -2.08. The Kier molecular flexibility index (Phi) is 5.60. The number of furan rings is 1. The van der Waals surface area contributed by atoms with Crippen molar-refractivity contribution in [2.24, 2.45) is 0 Å². The molecule has 118 valence electrons. The largest absolute Gasteiger partial charge is 0.469 e. The van der Waals surface area contributed by atoms with Crippen molar-refractivity contribution in [2.75, 3.05) is 17.0 Å². The monoisotopic (exact) mass is 322 g/mol. The first-order chi connectivity index (χ1) is 10.6. The number of carbonyl (C=O) groups is 1. The van der Waals surface area contributed by atoms with Gasteiger partial charge in [-0.3, -0.25) is 9.52 Å². The van der Waals surface area contributed by atoms with Gasteiger partial charge >= 0.3 is 0 Å². The molecule has 0 radical (unpaired) electrons. The van der Waals surface area contributed by atoms with E-state index in [9.17, 15) is 13.2 Å². The van der Waals surface area contributed by atoms with E-state index < -0.39 is 10.0 Å². The van der Waals surface area contributed by atoms with E-state index in [1.54, 1.807) is 48.7 Å². The van der Waals surface area contributed by atoms with Crippen molar-refractivity contribution in [3.05, 3.63) is 54.5 Å². The van der Waals surface area contributed by atoms with E-state index in [4.69, 9.17) is 4.42 Å². The first-order valence-electron chi connectivity index (χ1n) is 6.90. The first kappa shape index (κ1) is 16.1. The number of carbonyl (C=O) groups excluding carboxylic acids is 1. The van der Waals surface area contributed by atoms with Gasteiger partial charge in [0, 0.05) is 25.1 Å². The zero-order chi connectivity index (χ0) is 15.8. The molecule has 0 saturated carbocycles. The molecule has 0 fully saturated rings. The number of hydrogen-bond donors (Lipinski definition) is 2. The normalized spacial score (nSPS) is 11.1. The van der Waals surface area contributed by atoms with Gasteiger partial charge in [0.15, 0.2) is 0 Å². The van der Waals surface area contributed by atoms with Crippen LogP contribution in [0.2, 0.25) is 0 Å². The van der Waals surface area contributed by atoms with Gasteiger partial charge in [0.05, 0.1) is 12.0 Å². The number of para-hydroxylation sites is 1. The highest BCUT2D eigenvalue weighted by Crippen LogP contribution is 2.07. The summed E-state index contributed by atoms with van der Waals surface area (Å²) in [4.78, 5) is 11.6. The van der Waals surface area contributed by atoms with Crippen LogP contribution in [0.15, 0.2) is 53.1 Å². The Labute approximate surface area is 129 Å². The maximum absolute atomic E-state index is 11.8. The highest BCUT2D eigenvalue weighted by molar-refractivity contribution is 7.92. The van der Waals surface area contributed by atoms with Crippen molar-refractivity contribution in [3.63, 3.8) is 0 Å². The number of sulfonamides is 1. The van der Waals surface area contributed by atoms with Gasteiger partial charge in [-0.25, -0.2) is 8.42 Å². The summed E-state index contributed by atoms with van der Waals surface area (Å²) in [5.74, 6) is 0.355. The SMILES string of the molecule is O=C(CCc1ccco1)NCCS(=O)(=O)Nc1ccccc1. The van der Waals surface area contributed by atoms with Gasteiger partial charge in [0.2, 0.25) is 15.9 Å². The molecule has 0 atom stereocenters.